The maximum Gasteiger partial charge on any atom is 0.241 e. The summed E-state index contributed by atoms with van der Waals surface area (Å²) in [7, 11) is -0.691. The lowest BCUT2D eigenvalue weighted by molar-refractivity contribution is 0.353. The molecule has 1 aliphatic carbocycles. The molecule has 0 spiro atoms. The Bertz CT molecular complexity index is 898. The van der Waals surface area contributed by atoms with Crippen LogP contribution in [0.1, 0.15) is 29.9 Å². The molecule has 7 heteroatoms. The van der Waals surface area contributed by atoms with Crippen molar-refractivity contribution in [3.05, 3.63) is 52.0 Å². The minimum atomic E-state index is -3.68. The highest BCUT2D eigenvalue weighted by molar-refractivity contribution is 9.10. The second kappa shape index (κ2) is 7.98. The maximum atomic E-state index is 12.8. The number of fused-ring (bicyclic) bond motifs is 1. The lowest BCUT2D eigenvalue weighted by atomic mass is 9.83. The normalized spacial score (nSPS) is 16.8. The van der Waals surface area contributed by atoms with Gasteiger partial charge in [-0.1, -0.05) is 24.3 Å². The molecule has 5 nitrogen and oxygen atoms in total. The van der Waals surface area contributed by atoms with E-state index in [-0.39, 0.29) is 10.8 Å². The van der Waals surface area contributed by atoms with E-state index in [0.717, 1.165) is 19.3 Å². The Morgan fingerprint density at radius 3 is 2.58 bits per heavy atom. The van der Waals surface area contributed by atoms with Gasteiger partial charge in [0.25, 0.3) is 0 Å². The van der Waals surface area contributed by atoms with Crippen molar-refractivity contribution in [2.24, 2.45) is 0 Å². The summed E-state index contributed by atoms with van der Waals surface area (Å²) in [5, 5.41) is 0. The number of methoxy groups -OCH3 is 2. The maximum absolute atomic E-state index is 12.8. The monoisotopic (exact) mass is 439 g/mol. The SMILES string of the molecule is COc1cc(Br)c(S(=O)(=O)NC[C@@H]2CCCc3ccccc32)cc1OC. The third-order valence-electron chi connectivity index (χ3n) is 4.74. The van der Waals surface area contributed by atoms with Crippen LogP contribution in [0.5, 0.6) is 11.5 Å². The molecule has 2 aromatic carbocycles. The van der Waals surface area contributed by atoms with E-state index in [1.165, 1.54) is 31.4 Å². The molecule has 0 aromatic heterocycles. The number of ether oxygens (including phenoxy) is 2. The van der Waals surface area contributed by atoms with Gasteiger partial charge >= 0.3 is 0 Å². The highest BCUT2D eigenvalue weighted by Crippen LogP contribution is 2.36. The van der Waals surface area contributed by atoms with Gasteiger partial charge in [0.05, 0.1) is 14.2 Å². The van der Waals surface area contributed by atoms with Crippen molar-refractivity contribution in [1.29, 1.82) is 0 Å². The Kier molecular flexibility index (Phi) is 5.89. The minimum absolute atomic E-state index is 0.138. The summed E-state index contributed by atoms with van der Waals surface area (Å²) >= 11 is 3.32. The van der Waals surface area contributed by atoms with Crippen LogP contribution >= 0.6 is 15.9 Å². The lowest BCUT2D eigenvalue weighted by Gasteiger charge is -2.25. The highest BCUT2D eigenvalue weighted by Gasteiger charge is 2.25. The molecule has 26 heavy (non-hydrogen) atoms. The number of benzene rings is 2. The Labute approximate surface area is 162 Å². The molecule has 3 rings (SSSR count). The van der Waals surface area contributed by atoms with Crippen molar-refractivity contribution in [1.82, 2.24) is 4.72 Å². The number of hydrogen-bond donors (Lipinski definition) is 1. The molecule has 0 aliphatic heterocycles. The van der Waals surface area contributed by atoms with Crippen LogP contribution in [0.2, 0.25) is 0 Å². The average molecular weight is 440 g/mol. The van der Waals surface area contributed by atoms with Crippen molar-refractivity contribution in [2.45, 2.75) is 30.1 Å². The summed E-state index contributed by atoms with van der Waals surface area (Å²) < 4.78 is 39.3. The molecule has 0 radical (unpaired) electrons. The van der Waals surface area contributed by atoms with Crippen LogP contribution in [0, 0.1) is 0 Å². The molecule has 1 aliphatic rings. The fraction of sp³-hybridized carbons (Fsp3) is 0.368. The average Bonchev–Trinajstić information content (AvgIpc) is 2.65. The molecule has 140 valence electrons. The van der Waals surface area contributed by atoms with Gasteiger partial charge in [-0.2, -0.15) is 0 Å². The standard InChI is InChI=1S/C19H22BrNO4S/c1-24-17-10-16(20)19(11-18(17)25-2)26(22,23)21-12-14-8-5-7-13-6-3-4-9-15(13)14/h3-4,6,9-11,14,21H,5,7-8,12H2,1-2H3/t14-/m0/s1. The quantitative estimate of drug-likeness (QED) is 0.741. The number of halogens is 1. The smallest absolute Gasteiger partial charge is 0.241 e. The minimum Gasteiger partial charge on any atom is -0.493 e. The van der Waals surface area contributed by atoms with E-state index in [9.17, 15) is 8.42 Å². The summed E-state index contributed by atoms with van der Waals surface area (Å²) in [6.07, 6.45) is 3.11. The fourth-order valence-electron chi connectivity index (χ4n) is 3.40. The molecule has 0 unspecified atom stereocenters. The zero-order valence-corrected chi connectivity index (χ0v) is 17.2. The van der Waals surface area contributed by atoms with Gasteiger partial charge < -0.3 is 9.47 Å². The first-order valence-electron chi connectivity index (χ1n) is 8.45. The van der Waals surface area contributed by atoms with E-state index in [0.29, 0.717) is 22.5 Å². The van der Waals surface area contributed by atoms with Gasteiger partial charge in [-0.05, 0) is 58.3 Å². The van der Waals surface area contributed by atoms with Crippen LogP contribution in [-0.4, -0.2) is 29.2 Å². The van der Waals surface area contributed by atoms with E-state index in [1.807, 2.05) is 12.1 Å². The Morgan fingerprint density at radius 2 is 1.85 bits per heavy atom. The molecule has 0 amide bonds. The molecule has 0 saturated heterocycles. The van der Waals surface area contributed by atoms with Crippen molar-refractivity contribution in [3.8, 4) is 11.5 Å². The number of aryl methyl sites for hydroxylation is 1. The van der Waals surface area contributed by atoms with Gasteiger partial charge in [0, 0.05) is 17.1 Å². The van der Waals surface area contributed by atoms with E-state index in [4.69, 9.17) is 9.47 Å². The number of sulfonamides is 1. The highest BCUT2D eigenvalue weighted by atomic mass is 79.9. The first-order chi connectivity index (χ1) is 12.5. The zero-order valence-electron chi connectivity index (χ0n) is 14.8. The van der Waals surface area contributed by atoms with Crippen LogP contribution in [0.25, 0.3) is 0 Å². The predicted molar refractivity (Wildman–Crippen MR) is 105 cm³/mol. The Balaban J connectivity index is 1.83. The first kappa shape index (κ1) is 19.2. The third kappa shape index (κ3) is 3.89. The second-order valence-electron chi connectivity index (χ2n) is 6.28. The van der Waals surface area contributed by atoms with Crippen molar-refractivity contribution < 1.29 is 17.9 Å². The zero-order chi connectivity index (χ0) is 18.7. The topological polar surface area (TPSA) is 64.6 Å². The Hall–Kier alpha value is -1.57. The summed E-state index contributed by atoms with van der Waals surface area (Å²) in [6.45, 7) is 0.375. The van der Waals surface area contributed by atoms with Gasteiger partial charge in [-0.25, -0.2) is 13.1 Å². The first-order valence-corrected chi connectivity index (χ1v) is 10.7. The van der Waals surface area contributed by atoms with Crippen LogP contribution in [0.3, 0.4) is 0 Å². The van der Waals surface area contributed by atoms with Gasteiger partial charge in [-0.3, -0.25) is 0 Å². The summed E-state index contributed by atoms with van der Waals surface area (Å²) in [5.74, 6) is 1.03. The van der Waals surface area contributed by atoms with Crippen molar-refractivity contribution >= 4 is 26.0 Å². The van der Waals surface area contributed by atoms with Crippen molar-refractivity contribution in [2.75, 3.05) is 20.8 Å². The molecule has 0 fully saturated rings. The molecular weight excluding hydrogens is 418 g/mol. The van der Waals surface area contributed by atoms with Gasteiger partial charge in [-0.15, -0.1) is 0 Å². The van der Waals surface area contributed by atoms with Crippen LogP contribution in [0.15, 0.2) is 45.8 Å². The van der Waals surface area contributed by atoms with E-state index < -0.39 is 10.0 Å². The van der Waals surface area contributed by atoms with Gasteiger partial charge in [0.1, 0.15) is 4.90 Å². The summed E-state index contributed by atoms with van der Waals surface area (Å²) in [5.41, 5.74) is 2.56. The van der Waals surface area contributed by atoms with Crippen LogP contribution < -0.4 is 14.2 Å². The molecule has 0 heterocycles. The molecule has 1 atom stereocenters. The van der Waals surface area contributed by atoms with E-state index >= 15 is 0 Å². The molecule has 0 bridgehead atoms. The number of hydrogen-bond acceptors (Lipinski definition) is 4. The summed E-state index contributed by atoms with van der Waals surface area (Å²) in [4.78, 5) is 0.138. The summed E-state index contributed by atoms with van der Waals surface area (Å²) in [6, 6.07) is 11.3. The third-order valence-corrected chi connectivity index (χ3v) is 7.12. The molecule has 2 aromatic rings. The molecule has 0 saturated carbocycles. The molecule has 1 N–H and O–H groups in total. The lowest BCUT2D eigenvalue weighted by Crippen LogP contribution is -2.30. The predicted octanol–water partition coefficient (Wildman–Crippen LogP) is 3.86. The van der Waals surface area contributed by atoms with E-state index in [1.54, 1.807) is 6.07 Å². The molecular formula is C19H22BrNO4S. The fourth-order valence-corrected chi connectivity index (χ4v) is 5.51. The van der Waals surface area contributed by atoms with Gasteiger partial charge in [0.2, 0.25) is 10.0 Å². The van der Waals surface area contributed by atoms with Crippen LogP contribution in [0.4, 0.5) is 0 Å². The Morgan fingerprint density at radius 1 is 1.15 bits per heavy atom. The van der Waals surface area contributed by atoms with E-state index in [2.05, 4.69) is 32.8 Å². The number of rotatable bonds is 6. The van der Waals surface area contributed by atoms with Crippen molar-refractivity contribution in [3.63, 3.8) is 0 Å². The van der Waals surface area contributed by atoms with Gasteiger partial charge in [0.15, 0.2) is 11.5 Å². The largest absolute Gasteiger partial charge is 0.493 e. The second-order valence-corrected chi connectivity index (χ2v) is 8.87. The van der Waals surface area contributed by atoms with Crippen LogP contribution in [-0.2, 0) is 16.4 Å². The number of nitrogens with one attached hydrogen (secondary N) is 1.